The van der Waals surface area contributed by atoms with Gasteiger partial charge in [0.15, 0.2) is 17.5 Å². The molecule has 44 heavy (non-hydrogen) atoms. The number of rotatable bonds is 5. The number of nitrogens with zero attached hydrogens (tertiary/aromatic N) is 3. The van der Waals surface area contributed by atoms with Crippen LogP contribution in [0.4, 0.5) is 8.78 Å². The number of hydrogen-bond acceptors (Lipinski definition) is 3. The molecule has 2 heterocycles. The third kappa shape index (κ3) is 6.40. The zero-order valence-corrected chi connectivity index (χ0v) is 24.0. The number of fused-ring (bicyclic) bond motifs is 1. The van der Waals surface area contributed by atoms with E-state index in [-0.39, 0.29) is 17.1 Å². The standard InChI is InChI=1S/C26H19F2N3O.C12H10/c1-16-13-19(32)9-10-20(16)18-7-5-17(6-8-18)14-31-12-11-23-24(15-31)30-26(29-23)21-3-2-4-22(27)25(21)28;1-3-7-11(8-4-1)12-9-5-2-6-10-12/h2-13,15,32H,14H2,1H3;1-10H. The molecule has 0 saturated carbocycles. The van der Waals surface area contributed by atoms with Crippen molar-refractivity contribution in [2.75, 3.05) is 0 Å². The summed E-state index contributed by atoms with van der Waals surface area (Å²) < 4.78 is 29.6. The number of aryl methyl sites for hydroxylation is 1. The Morgan fingerprint density at radius 3 is 1.95 bits per heavy atom. The minimum atomic E-state index is -0.945. The monoisotopic (exact) mass is 581 g/mol. The van der Waals surface area contributed by atoms with E-state index in [1.54, 1.807) is 12.1 Å². The van der Waals surface area contributed by atoms with Crippen LogP contribution in [0, 0.1) is 18.6 Å². The minimum Gasteiger partial charge on any atom is -0.508 e. The third-order valence-electron chi connectivity index (χ3n) is 7.34. The lowest BCUT2D eigenvalue weighted by Crippen LogP contribution is -2.00. The van der Waals surface area contributed by atoms with Crippen molar-refractivity contribution in [3.05, 3.63) is 163 Å². The van der Waals surface area contributed by atoms with E-state index in [1.807, 2.05) is 48.1 Å². The van der Waals surface area contributed by atoms with Crippen molar-refractivity contribution in [1.82, 2.24) is 14.5 Å². The van der Waals surface area contributed by atoms with Gasteiger partial charge >= 0.3 is 0 Å². The first-order chi connectivity index (χ1) is 21.4. The highest BCUT2D eigenvalue weighted by molar-refractivity contribution is 5.69. The number of aromatic nitrogens is 3. The number of benzene rings is 5. The Bertz CT molecular complexity index is 1930. The maximum atomic E-state index is 14.1. The molecule has 0 saturated heterocycles. The summed E-state index contributed by atoms with van der Waals surface area (Å²) in [6, 6.07) is 40.2. The average Bonchev–Trinajstić information content (AvgIpc) is 3.47. The van der Waals surface area contributed by atoms with Gasteiger partial charge in [-0.15, -0.1) is 0 Å². The van der Waals surface area contributed by atoms with Gasteiger partial charge in [0.1, 0.15) is 11.4 Å². The number of phenols is 1. The van der Waals surface area contributed by atoms with E-state index < -0.39 is 11.6 Å². The lowest BCUT2D eigenvalue weighted by Gasteiger charge is -2.10. The molecule has 7 rings (SSSR count). The second-order valence-corrected chi connectivity index (χ2v) is 10.5. The van der Waals surface area contributed by atoms with Gasteiger partial charge in [0.2, 0.25) is 0 Å². The molecule has 216 valence electrons. The summed E-state index contributed by atoms with van der Waals surface area (Å²) in [6.07, 6.45) is 3.74. The fourth-order valence-electron chi connectivity index (χ4n) is 5.08. The van der Waals surface area contributed by atoms with Gasteiger partial charge in [0, 0.05) is 18.9 Å². The fourth-order valence-corrected chi connectivity index (χ4v) is 5.08. The maximum absolute atomic E-state index is 14.1. The van der Waals surface area contributed by atoms with E-state index in [0.717, 1.165) is 28.3 Å². The number of hydrogen-bond donors (Lipinski definition) is 1. The van der Waals surface area contributed by atoms with Gasteiger partial charge in [-0.2, -0.15) is 0 Å². The zero-order valence-electron chi connectivity index (χ0n) is 24.0. The second kappa shape index (κ2) is 12.7. The van der Waals surface area contributed by atoms with Crippen LogP contribution < -0.4 is 0 Å². The van der Waals surface area contributed by atoms with E-state index in [9.17, 15) is 13.9 Å². The van der Waals surface area contributed by atoms with Crippen molar-refractivity contribution in [3.63, 3.8) is 0 Å². The Balaban J connectivity index is 0.000000238. The molecule has 0 spiro atoms. The molecular formula is C38H29F2N3O. The van der Waals surface area contributed by atoms with Crippen molar-refractivity contribution in [2.24, 2.45) is 0 Å². The van der Waals surface area contributed by atoms with Crippen LogP contribution in [0.1, 0.15) is 11.1 Å². The van der Waals surface area contributed by atoms with Crippen LogP contribution in [0.25, 0.3) is 45.0 Å². The number of aromatic hydroxyl groups is 1. The molecule has 0 aromatic heterocycles. The lowest BCUT2D eigenvalue weighted by atomic mass is 9.99. The first-order valence-electron chi connectivity index (χ1n) is 14.2. The zero-order chi connectivity index (χ0) is 30.5. The predicted molar refractivity (Wildman–Crippen MR) is 171 cm³/mol. The molecule has 1 N–H and O–H groups in total. The van der Waals surface area contributed by atoms with E-state index in [4.69, 9.17) is 0 Å². The number of halogens is 2. The molecule has 0 unspecified atom stereocenters. The van der Waals surface area contributed by atoms with Crippen molar-refractivity contribution < 1.29 is 13.9 Å². The van der Waals surface area contributed by atoms with Crippen molar-refractivity contribution in [3.8, 4) is 50.8 Å². The summed E-state index contributed by atoms with van der Waals surface area (Å²) in [5, 5.41) is 9.61. The molecule has 0 atom stereocenters. The summed E-state index contributed by atoms with van der Waals surface area (Å²) in [4.78, 5) is 8.74. The van der Waals surface area contributed by atoms with Gasteiger partial charge in [-0.1, -0.05) is 97.1 Å². The van der Waals surface area contributed by atoms with E-state index >= 15 is 0 Å². The second-order valence-electron chi connectivity index (χ2n) is 10.5. The lowest BCUT2D eigenvalue weighted by molar-refractivity contribution is 0.475. The molecule has 0 bridgehead atoms. The molecule has 0 radical (unpaired) electrons. The maximum Gasteiger partial charge on any atom is 0.169 e. The highest BCUT2D eigenvalue weighted by Crippen LogP contribution is 2.29. The van der Waals surface area contributed by atoms with Gasteiger partial charge < -0.3 is 9.67 Å². The summed E-state index contributed by atoms with van der Waals surface area (Å²) in [5.74, 6) is -1.44. The fraction of sp³-hybridized carbons (Fsp3) is 0.0526. The molecule has 5 aromatic carbocycles. The Labute approximate surface area is 254 Å². The first kappa shape index (κ1) is 28.5. The van der Waals surface area contributed by atoms with Crippen LogP contribution in [0.2, 0.25) is 0 Å². The SMILES string of the molecule is Cc1cc(O)ccc1-c1ccc(Cn2ccc3nc(-c4cccc(F)c4F)nc-3c2)cc1.c1ccc(-c2ccccc2)cc1. The van der Waals surface area contributed by atoms with Gasteiger partial charge in [0.05, 0.1) is 11.3 Å². The normalized spacial score (nSPS) is 10.8. The smallest absolute Gasteiger partial charge is 0.169 e. The Morgan fingerprint density at radius 1 is 0.636 bits per heavy atom. The van der Waals surface area contributed by atoms with Gasteiger partial charge in [-0.3, -0.25) is 0 Å². The minimum absolute atomic E-state index is 0.0489. The van der Waals surface area contributed by atoms with Crippen LogP contribution in [0.3, 0.4) is 0 Å². The summed E-state index contributed by atoms with van der Waals surface area (Å²) in [6.45, 7) is 2.60. The van der Waals surface area contributed by atoms with Gasteiger partial charge in [-0.25, -0.2) is 18.7 Å². The quantitative estimate of drug-likeness (QED) is 0.220. The van der Waals surface area contributed by atoms with Crippen LogP contribution >= 0.6 is 0 Å². The molecule has 2 aliphatic heterocycles. The molecule has 2 aliphatic rings. The van der Waals surface area contributed by atoms with E-state index in [2.05, 4.69) is 82.8 Å². The van der Waals surface area contributed by atoms with Gasteiger partial charge in [0.25, 0.3) is 0 Å². The van der Waals surface area contributed by atoms with Crippen LogP contribution in [-0.2, 0) is 6.54 Å². The van der Waals surface area contributed by atoms with E-state index in [1.165, 1.54) is 23.3 Å². The largest absolute Gasteiger partial charge is 0.508 e. The van der Waals surface area contributed by atoms with Crippen molar-refractivity contribution in [2.45, 2.75) is 13.5 Å². The molecule has 0 aliphatic carbocycles. The van der Waals surface area contributed by atoms with Crippen molar-refractivity contribution in [1.29, 1.82) is 0 Å². The summed E-state index contributed by atoms with van der Waals surface area (Å²) >= 11 is 0. The highest BCUT2D eigenvalue weighted by Gasteiger charge is 2.17. The van der Waals surface area contributed by atoms with Crippen LogP contribution in [-0.4, -0.2) is 19.6 Å². The molecule has 0 fully saturated rings. The Kier molecular flexibility index (Phi) is 8.23. The molecule has 5 aromatic rings. The molecule has 0 amide bonds. The molecule has 6 heteroatoms. The van der Waals surface area contributed by atoms with E-state index in [0.29, 0.717) is 17.9 Å². The summed E-state index contributed by atoms with van der Waals surface area (Å²) in [5.41, 5.74) is 8.11. The topological polar surface area (TPSA) is 50.9 Å². The number of pyridine rings is 1. The number of imidazole rings is 1. The summed E-state index contributed by atoms with van der Waals surface area (Å²) in [7, 11) is 0. The predicted octanol–water partition coefficient (Wildman–Crippen LogP) is 9.41. The van der Waals surface area contributed by atoms with Crippen LogP contribution in [0.15, 0.2) is 140 Å². The molecular weight excluding hydrogens is 552 g/mol. The third-order valence-corrected chi connectivity index (χ3v) is 7.34. The van der Waals surface area contributed by atoms with Crippen LogP contribution in [0.5, 0.6) is 5.75 Å². The first-order valence-corrected chi connectivity index (χ1v) is 14.2. The highest BCUT2D eigenvalue weighted by atomic mass is 19.2. The Hall–Kier alpha value is -5.62. The Morgan fingerprint density at radius 2 is 1.30 bits per heavy atom. The number of phenolic OH excluding ortho intramolecular Hbond substituents is 1. The van der Waals surface area contributed by atoms with Gasteiger partial charge in [-0.05, 0) is 70.6 Å². The molecule has 4 nitrogen and oxygen atoms in total. The average molecular weight is 582 g/mol. The van der Waals surface area contributed by atoms with Crippen molar-refractivity contribution >= 4 is 0 Å².